The Labute approximate surface area is 115 Å². The molecule has 1 fully saturated rings. The number of hydrogen-bond acceptors (Lipinski definition) is 3. The summed E-state index contributed by atoms with van der Waals surface area (Å²) >= 11 is 3.41. The average Bonchev–Trinajstić information content (AvgIpc) is 2.35. The fourth-order valence-electron chi connectivity index (χ4n) is 2.11. The largest absolute Gasteiger partial charge is 0.494 e. The van der Waals surface area contributed by atoms with Crippen molar-refractivity contribution in [1.82, 2.24) is 9.88 Å². The van der Waals surface area contributed by atoms with Crippen LogP contribution in [0.1, 0.15) is 29.6 Å². The monoisotopic (exact) mass is 312 g/mol. The van der Waals surface area contributed by atoms with E-state index in [0.29, 0.717) is 17.4 Å². The summed E-state index contributed by atoms with van der Waals surface area (Å²) in [7, 11) is 1.56. The van der Waals surface area contributed by atoms with Crippen LogP contribution in [0.15, 0.2) is 18.5 Å². The molecule has 1 aliphatic rings. The Morgan fingerprint density at radius 2 is 2.39 bits per heavy atom. The zero-order chi connectivity index (χ0) is 13.0. The van der Waals surface area contributed by atoms with Gasteiger partial charge in [0.1, 0.15) is 5.75 Å². The molecule has 0 spiro atoms. The van der Waals surface area contributed by atoms with Gasteiger partial charge in [0.15, 0.2) is 0 Å². The lowest BCUT2D eigenvalue weighted by Crippen LogP contribution is -2.45. The van der Waals surface area contributed by atoms with Gasteiger partial charge in [-0.2, -0.15) is 0 Å². The number of pyridine rings is 1. The quantitative estimate of drug-likeness (QED) is 0.784. The second-order valence-electron chi connectivity index (χ2n) is 4.35. The maximum absolute atomic E-state index is 12.5. The molecule has 1 aliphatic carbocycles. The fraction of sp³-hybridized carbons (Fsp3) is 0.538. The maximum atomic E-state index is 12.5. The molecule has 0 aliphatic heterocycles. The first-order valence-electron chi connectivity index (χ1n) is 6.13. The molecule has 98 valence electrons. The zero-order valence-corrected chi connectivity index (χ0v) is 12.0. The number of aromatic nitrogens is 1. The number of ether oxygens (including phenoxy) is 1. The summed E-state index contributed by atoms with van der Waals surface area (Å²) in [5, 5.41) is 0.794. The van der Waals surface area contributed by atoms with E-state index in [0.717, 1.165) is 24.7 Å². The highest BCUT2D eigenvalue weighted by atomic mass is 79.9. The highest BCUT2D eigenvalue weighted by Gasteiger charge is 2.30. The average molecular weight is 313 g/mol. The van der Waals surface area contributed by atoms with Crippen LogP contribution in [0.2, 0.25) is 0 Å². The molecule has 18 heavy (non-hydrogen) atoms. The maximum Gasteiger partial charge on any atom is 0.258 e. The van der Waals surface area contributed by atoms with Gasteiger partial charge in [-0.1, -0.05) is 15.9 Å². The molecule has 0 radical (unpaired) electrons. The number of rotatable bonds is 5. The van der Waals surface area contributed by atoms with Gasteiger partial charge < -0.3 is 9.64 Å². The summed E-state index contributed by atoms with van der Waals surface area (Å²) < 4.78 is 5.20. The van der Waals surface area contributed by atoms with Crippen molar-refractivity contribution < 1.29 is 9.53 Å². The van der Waals surface area contributed by atoms with Crippen molar-refractivity contribution in [3.05, 3.63) is 24.0 Å². The van der Waals surface area contributed by atoms with Crippen LogP contribution in [0.25, 0.3) is 0 Å². The number of hydrogen-bond donors (Lipinski definition) is 0. The van der Waals surface area contributed by atoms with Gasteiger partial charge in [-0.15, -0.1) is 0 Å². The molecule has 2 rings (SSSR count). The van der Waals surface area contributed by atoms with Gasteiger partial charge in [-0.25, -0.2) is 0 Å². The molecule has 0 atom stereocenters. The summed E-state index contributed by atoms with van der Waals surface area (Å²) in [6, 6.07) is 2.11. The van der Waals surface area contributed by atoms with E-state index in [2.05, 4.69) is 20.9 Å². The third kappa shape index (κ3) is 2.66. The van der Waals surface area contributed by atoms with E-state index in [9.17, 15) is 4.79 Å². The van der Waals surface area contributed by atoms with E-state index >= 15 is 0 Å². The minimum Gasteiger partial charge on any atom is -0.494 e. The lowest BCUT2D eigenvalue weighted by molar-refractivity contribution is 0.0596. The van der Waals surface area contributed by atoms with Crippen molar-refractivity contribution in [3.63, 3.8) is 0 Å². The first-order chi connectivity index (χ1) is 8.77. The van der Waals surface area contributed by atoms with E-state index in [1.165, 1.54) is 6.42 Å². The Bertz CT molecular complexity index is 421. The van der Waals surface area contributed by atoms with Crippen molar-refractivity contribution in [2.24, 2.45) is 0 Å². The highest BCUT2D eigenvalue weighted by Crippen LogP contribution is 2.28. The third-order valence-corrected chi connectivity index (χ3v) is 3.69. The Morgan fingerprint density at radius 1 is 1.61 bits per heavy atom. The molecule has 1 saturated carbocycles. The van der Waals surface area contributed by atoms with Crippen LogP contribution in [0.5, 0.6) is 5.75 Å². The molecule has 5 heteroatoms. The van der Waals surface area contributed by atoms with Crippen molar-refractivity contribution in [3.8, 4) is 5.75 Å². The van der Waals surface area contributed by atoms with Crippen LogP contribution in [0, 0.1) is 0 Å². The summed E-state index contributed by atoms with van der Waals surface area (Å²) in [6.07, 6.45) is 6.63. The van der Waals surface area contributed by atoms with Crippen LogP contribution in [-0.2, 0) is 0 Å². The fourth-order valence-corrected chi connectivity index (χ4v) is 2.50. The lowest BCUT2D eigenvalue weighted by atomic mass is 9.91. The van der Waals surface area contributed by atoms with Gasteiger partial charge in [-0.3, -0.25) is 9.78 Å². The van der Waals surface area contributed by atoms with Crippen LogP contribution in [-0.4, -0.2) is 40.8 Å². The zero-order valence-electron chi connectivity index (χ0n) is 10.4. The summed E-state index contributed by atoms with van der Waals surface area (Å²) in [5.74, 6) is 0.583. The van der Waals surface area contributed by atoms with E-state index < -0.39 is 0 Å². The Hall–Kier alpha value is -1.10. The summed E-state index contributed by atoms with van der Waals surface area (Å²) in [5.41, 5.74) is 0.598. The second-order valence-corrected chi connectivity index (χ2v) is 5.14. The number of carbonyl (C=O) groups is 1. The number of carbonyl (C=O) groups excluding carboxylic acids is 1. The Balaban J connectivity index is 2.21. The third-order valence-electron chi connectivity index (χ3n) is 3.34. The van der Waals surface area contributed by atoms with Crippen molar-refractivity contribution >= 4 is 21.8 Å². The number of methoxy groups -OCH3 is 1. The van der Waals surface area contributed by atoms with Crippen LogP contribution >= 0.6 is 15.9 Å². The number of halogens is 1. The Kier molecular flexibility index (Phi) is 4.58. The molecule has 0 saturated heterocycles. The second kappa shape index (κ2) is 6.18. The Morgan fingerprint density at radius 3 is 2.94 bits per heavy atom. The molecule has 4 nitrogen and oxygen atoms in total. The normalized spacial score (nSPS) is 15.0. The van der Waals surface area contributed by atoms with Crippen molar-refractivity contribution in [1.29, 1.82) is 0 Å². The van der Waals surface area contributed by atoms with E-state index in [1.807, 2.05) is 4.90 Å². The molecule has 1 amide bonds. The number of alkyl halides is 1. The van der Waals surface area contributed by atoms with Crippen LogP contribution in [0.3, 0.4) is 0 Å². The van der Waals surface area contributed by atoms with E-state index in [4.69, 9.17) is 4.74 Å². The molecule has 0 aromatic carbocycles. The molecule has 0 unspecified atom stereocenters. The smallest absolute Gasteiger partial charge is 0.258 e. The van der Waals surface area contributed by atoms with Gasteiger partial charge in [0.25, 0.3) is 5.91 Å². The van der Waals surface area contributed by atoms with E-state index in [1.54, 1.807) is 25.6 Å². The van der Waals surface area contributed by atoms with Gasteiger partial charge in [-0.05, 0) is 25.3 Å². The molecule has 1 aromatic heterocycles. The molecule has 1 heterocycles. The molecule has 0 bridgehead atoms. The van der Waals surface area contributed by atoms with Crippen molar-refractivity contribution in [2.75, 3.05) is 19.0 Å². The van der Waals surface area contributed by atoms with Gasteiger partial charge >= 0.3 is 0 Å². The molecule has 1 aromatic rings. The summed E-state index contributed by atoms with van der Waals surface area (Å²) in [6.45, 7) is 0.731. The summed E-state index contributed by atoms with van der Waals surface area (Å²) in [4.78, 5) is 18.5. The molecule has 0 N–H and O–H groups in total. The first kappa shape index (κ1) is 13.3. The predicted octanol–water partition coefficient (Wildman–Crippen LogP) is 2.48. The highest BCUT2D eigenvalue weighted by molar-refractivity contribution is 9.09. The lowest BCUT2D eigenvalue weighted by Gasteiger charge is -2.37. The number of nitrogens with zero attached hydrogens (tertiary/aromatic N) is 2. The van der Waals surface area contributed by atoms with Gasteiger partial charge in [0.05, 0.1) is 18.9 Å². The van der Waals surface area contributed by atoms with Crippen molar-refractivity contribution in [2.45, 2.75) is 25.3 Å². The standard InChI is InChI=1S/C13H17BrN2O2/c1-18-12-9-15-7-5-11(12)13(17)16(8-6-14)10-3-2-4-10/h5,7,9-10H,2-4,6,8H2,1H3. The van der Waals surface area contributed by atoms with Crippen LogP contribution < -0.4 is 4.74 Å². The first-order valence-corrected chi connectivity index (χ1v) is 7.25. The predicted molar refractivity (Wildman–Crippen MR) is 73.3 cm³/mol. The minimum absolute atomic E-state index is 0.0402. The van der Waals surface area contributed by atoms with Gasteiger partial charge in [0.2, 0.25) is 0 Å². The molecular weight excluding hydrogens is 296 g/mol. The van der Waals surface area contributed by atoms with Crippen LogP contribution in [0.4, 0.5) is 0 Å². The van der Waals surface area contributed by atoms with Gasteiger partial charge in [0, 0.05) is 24.1 Å². The molecular formula is C13H17BrN2O2. The van der Waals surface area contributed by atoms with E-state index in [-0.39, 0.29) is 5.91 Å². The minimum atomic E-state index is 0.0402. The topological polar surface area (TPSA) is 42.4 Å². The number of amides is 1. The SMILES string of the molecule is COc1cnccc1C(=O)N(CCBr)C1CCC1.